The lowest BCUT2D eigenvalue weighted by atomic mass is 9.91. The first kappa shape index (κ1) is 12.0. The Morgan fingerprint density at radius 2 is 1.94 bits per heavy atom. The zero-order valence-electron chi connectivity index (χ0n) is 10.6. The Labute approximate surface area is 102 Å². The van der Waals surface area contributed by atoms with Gasteiger partial charge in [-0.3, -0.25) is 0 Å². The molecule has 1 saturated heterocycles. The molecular weight excluding hydrogens is 216 g/mol. The second-order valence-electron chi connectivity index (χ2n) is 4.52. The van der Waals surface area contributed by atoms with Gasteiger partial charge < -0.3 is 14.2 Å². The molecule has 1 heterocycles. The van der Waals surface area contributed by atoms with E-state index in [1.54, 1.807) is 14.2 Å². The lowest BCUT2D eigenvalue weighted by molar-refractivity contribution is 0.0175. The van der Waals surface area contributed by atoms with Crippen LogP contribution in [0.25, 0.3) is 0 Å². The summed E-state index contributed by atoms with van der Waals surface area (Å²) in [7, 11) is 3.27. The van der Waals surface area contributed by atoms with Gasteiger partial charge in [-0.05, 0) is 30.2 Å². The number of methoxy groups -OCH3 is 2. The summed E-state index contributed by atoms with van der Waals surface area (Å²) in [6.45, 7) is 6.68. The summed E-state index contributed by atoms with van der Waals surface area (Å²) in [6.07, 6.45) is 0.850. The van der Waals surface area contributed by atoms with Gasteiger partial charge in [-0.2, -0.15) is 0 Å². The molecule has 0 unspecified atom stereocenters. The van der Waals surface area contributed by atoms with Crippen molar-refractivity contribution in [1.29, 1.82) is 0 Å². The molecule has 0 amide bonds. The van der Waals surface area contributed by atoms with Crippen molar-refractivity contribution in [2.45, 2.75) is 18.9 Å². The number of ether oxygens (including phenoxy) is 3. The van der Waals surface area contributed by atoms with Crippen LogP contribution in [0.4, 0.5) is 0 Å². The van der Waals surface area contributed by atoms with Crippen LogP contribution in [0.3, 0.4) is 0 Å². The predicted molar refractivity (Wildman–Crippen MR) is 66.6 cm³/mol. The third-order valence-electron chi connectivity index (χ3n) is 3.18. The normalized spacial score (nSPS) is 23.8. The fraction of sp³-hybridized carbons (Fsp3) is 0.429. The highest BCUT2D eigenvalue weighted by Gasteiger charge is 2.34. The van der Waals surface area contributed by atoms with Crippen molar-refractivity contribution in [3.63, 3.8) is 0 Å². The van der Waals surface area contributed by atoms with Crippen LogP contribution < -0.4 is 9.47 Å². The summed E-state index contributed by atoms with van der Waals surface area (Å²) in [5.74, 6) is 1.46. The fourth-order valence-electron chi connectivity index (χ4n) is 2.19. The van der Waals surface area contributed by atoms with Gasteiger partial charge in [0.1, 0.15) is 0 Å². The average molecular weight is 234 g/mol. The smallest absolute Gasteiger partial charge is 0.161 e. The first-order valence-electron chi connectivity index (χ1n) is 5.62. The molecule has 0 aliphatic carbocycles. The van der Waals surface area contributed by atoms with E-state index in [-0.39, 0.29) is 5.60 Å². The van der Waals surface area contributed by atoms with Crippen molar-refractivity contribution in [3.8, 4) is 11.5 Å². The number of hydrogen-bond donors (Lipinski definition) is 0. The van der Waals surface area contributed by atoms with Crippen molar-refractivity contribution in [3.05, 3.63) is 35.9 Å². The minimum Gasteiger partial charge on any atom is -0.493 e. The van der Waals surface area contributed by atoms with E-state index in [4.69, 9.17) is 14.2 Å². The van der Waals surface area contributed by atoms with Crippen molar-refractivity contribution in [1.82, 2.24) is 0 Å². The highest BCUT2D eigenvalue weighted by atomic mass is 16.5. The van der Waals surface area contributed by atoms with E-state index in [9.17, 15) is 0 Å². The number of benzene rings is 1. The Hall–Kier alpha value is -1.48. The van der Waals surface area contributed by atoms with Crippen molar-refractivity contribution in [2.24, 2.45) is 0 Å². The van der Waals surface area contributed by atoms with Crippen molar-refractivity contribution < 1.29 is 14.2 Å². The number of rotatable bonds is 3. The monoisotopic (exact) mass is 234 g/mol. The van der Waals surface area contributed by atoms with Gasteiger partial charge in [0, 0.05) is 6.42 Å². The highest BCUT2D eigenvalue weighted by Crippen LogP contribution is 2.40. The van der Waals surface area contributed by atoms with E-state index >= 15 is 0 Å². The van der Waals surface area contributed by atoms with E-state index in [0.717, 1.165) is 29.1 Å². The largest absolute Gasteiger partial charge is 0.493 e. The molecule has 0 spiro atoms. The molecule has 1 atom stereocenters. The van der Waals surface area contributed by atoms with Crippen LogP contribution >= 0.6 is 0 Å². The van der Waals surface area contributed by atoms with Crippen LogP contribution in [0, 0.1) is 0 Å². The quantitative estimate of drug-likeness (QED) is 0.753. The second-order valence-corrected chi connectivity index (χ2v) is 4.52. The zero-order valence-corrected chi connectivity index (χ0v) is 10.6. The first-order chi connectivity index (χ1) is 8.09. The van der Waals surface area contributed by atoms with Gasteiger partial charge >= 0.3 is 0 Å². The molecule has 0 N–H and O–H groups in total. The van der Waals surface area contributed by atoms with Gasteiger partial charge in [0.2, 0.25) is 0 Å². The van der Waals surface area contributed by atoms with Gasteiger partial charge in [-0.1, -0.05) is 12.6 Å². The van der Waals surface area contributed by atoms with Crippen LogP contribution in [-0.4, -0.2) is 20.8 Å². The van der Waals surface area contributed by atoms with E-state index in [1.165, 1.54) is 0 Å². The Bertz CT molecular complexity index is 439. The molecular formula is C14H18O3. The maximum atomic E-state index is 5.82. The molecule has 3 heteroatoms. The molecule has 0 aromatic heterocycles. The number of hydrogen-bond acceptors (Lipinski definition) is 3. The van der Waals surface area contributed by atoms with Crippen molar-refractivity contribution >= 4 is 0 Å². The molecule has 1 aliphatic rings. The second kappa shape index (κ2) is 4.41. The van der Waals surface area contributed by atoms with E-state index in [2.05, 4.69) is 13.5 Å². The summed E-state index contributed by atoms with van der Waals surface area (Å²) in [6, 6.07) is 5.89. The summed E-state index contributed by atoms with van der Waals surface area (Å²) in [5.41, 5.74) is 1.92. The van der Waals surface area contributed by atoms with Gasteiger partial charge in [0.25, 0.3) is 0 Å². The Morgan fingerprint density at radius 3 is 2.47 bits per heavy atom. The third kappa shape index (κ3) is 2.15. The molecule has 92 valence electrons. The SMILES string of the molecule is C=C1CO[C@@](C)(c2ccc(OC)c(OC)c2)C1. The Kier molecular flexibility index (Phi) is 3.11. The molecule has 1 fully saturated rings. The maximum Gasteiger partial charge on any atom is 0.161 e. The van der Waals surface area contributed by atoms with Crippen LogP contribution in [0.2, 0.25) is 0 Å². The molecule has 0 bridgehead atoms. The predicted octanol–water partition coefficient (Wildman–Crippen LogP) is 2.90. The minimum absolute atomic E-state index is 0.295. The summed E-state index contributed by atoms with van der Waals surface area (Å²) in [5, 5.41) is 0. The molecule has 1 aromatic rings. The van der Waals surface area contributed by atoms with E-state index in [0.29, 0.717) is 6.61 Å². The topological polar surface area (TPSA) is 27.7 Å². The van der Waals surface area contributed by atoms with Crippen LogP contribution in [0.5, 0.6) is 11.5 Å². The fourth-order valence-corrected chi connectivity index (χ4v) is 2.19. The van der Waals surface area contributed by atoms with Gasteiger partial charge in [0.05, 0.1) is 26.4 Å². The molecule has 1 aliphatic heterocycles. The van der Waals surface area contributed by atoms with Crippen LogP contribution in [-0.2, 0) is 10.3 Å². The van der Waals surface area contributed by atoms with Gasteiger partial charge in [-0.25, -0.2) is 0 Å². The average Bonchev–Trinajstić information content (AvgIpc) is 2.69. The summed E-state index contributed by atoms with van der Waals surface area (Å²) < 4.78 is 16.3. The third-order valence-corrected chi connectivity index (χ3v) is 3.18. The van der Waals surface area contributed by atoms with Crippen LogP contribution in [0.1, 0.15) is 18.9 Å². The molecule has 2 rings (SSSR count). The first-order valence-corrected chi connectivity index (χ1v) is 5.62. The molecule has 17 heavy (non-hydrogen) atoms. The summed E-state index contributed by atoms with van der Waals surface area (Å²) >= 11 is 0. The minimum atomic E-state index is -0.295. The van der Waals surface area contributed by atoms with E-state index in [1.807, 2.05) is 18.2 Å². The van der Waals surface area contributed by atoms with E-state index < -0.39 is 0 Å². The van der Waals surface area contributed by atoms with Crippen LogP contribution in [0.15, 0.2) is 30.4 Å². The Balaban J connectivity index is 2.36. The lowest BCUT2D eigenvalue weighted by Crippen LogP contribution is -2.19. The zero-order chi connectivity index (χ0) is 12.5. The Morgan fingerprint density at radius 1 is 1.24 bits per heavy atom. The molecule has 0 saturated carbocycles. The molecule has 1 aromatic carbocycles. The standard InChI is InChI=1S/C14H18O3/c1-10-8-14(2,17-9-10)11-5-6-12(15-3)13(7-11)16-4/h5-7H,1,8-9H2,2-4H3/t14-/m1/s1. The molecule has 3 nitrogen and oxygen atoms in total. The van der Waals surface area contributed by atoms with Crippen molar-refractivity contribution in [2.75, 3.05) is 20.8 Å². The highest BCUT2D eigenvalue weighted by molar-refractivity contribution is 5.45. The molecule has 0 radical (unpaired) electrons. The van der Waals surface area contributed by atoms with Gasteiger partial charge in [-0.15, -0.1) is 0 Å². The maximum absolute atomic E-state index is 5.82. The summed E-state index contributed by atoms with van der Waals surface area (Å²) in [4.78, 5) is 0. The van der Waals surface area contributed by atoms with Gasteiger partial charge in [0.15, 0.2) is 11.5 Å². The lowest BCUT2D eigenvalue weighted by Gasteiger charge is -2.24.